The molecule has 0 spiro atoms. The minimum atomic E-state index is -0.0272. The number of fused-ring (bicyclic) bond motifs is 7. The van der Waals surface area contributed by atoms with Crippen LogP contribution in [-0.4, -0.2) is 4.57 Å². The summed E-state index contributed by atoms with van der Waals surface area (Å²) in [5.41, 5.74) is 20.5. The average molecular weight is 967 g/mol. The Morgan fingerprint density at radius 2 is 0.867 bits per heavy atom. The van der Waals surface area contributed by atoms with Crippen molar-refractivity contribution in [1.29, 1.82) is 0 Å². The van der Waals surface area contributed by atoms with E-state index < -0.39 is 0 Å². The molecule has 13 aromatic rings. The fourth-order valence-corrected chi connectivity index (χ4v) is 11.5. The first kappa shape index (κ1) is 45.9. The molecule has 0 aliphatic rings. The zero-order valence-electron chi connectivity index (χ0n) is 43.4. The molecular weight excluding hydrogens is 909 g/mol. The van der Waals surface area contributed by atoms with Gasteiger partial charge >= 0.3 is 0 Å². The molecule has 0 saturated carbocycles. The van der Waals surface area contributed by atoms with Gasteiger partial charge in [0.25, 0.3) is 0 Å². The van der Waals surface area contributed by atoms with E-state index in [0.29, 0.717) is 0 Å². The number of furan rings is 1. The molecular formula is C72H58N2O. The quantitative estimate of drug-likeness (QED) is 0.151. The second kappa shape index (κ2) is 17.9. The highest BCUT2D eigenvalue weighted by molar-refractivity contribution is 6.17. The molecule has 75 heavy (non-hydrogen) atoms. The molecule has 0 atom stereocenters. The van der Waals surface area contributed by atoms with Crippen molar-refractivity contribution in [2.24, 2.45) is 0 Å². The molecule has 0 N–H and O–H groups in total. The molecule has 362 valence electrons. The van der Waals surface area contributed by atoms with E-state index in [1.807, 2.05) is 12.1 Å². The summed E-state index contributed by atoms with van der Waals surface area (Å²) < 4.78 is 8.66. The maximum absolute atomic E-state index is 6.25. The van der Waals surface area contributed by atoms with Crippen molar-refractivity contribution in [1.82, 2.24) is 4.57 Å². The highest BCUT2D eigenvalue weighted by Crippen LogP contribution is 2.50. The van der Waals surface area contributed by atoms with Crippen LogP contribution < -0.4 is 4.90 Å². The van der Waals surface area contributed by atoms with Gasteiger partial charge in [0.15, 0.2) is 0 Å². The van der Waals surface area contributed by atoms with Gasteiger partial charge in [0, 0.05) is 44.0 Å². The lowest BCUT2D eigenvalue weighted by molar-refractivity contribution is 0.569. The van der Waals surface area contributed by atoms with Gasteiger partial charge in [0.1, 0.15) is 11.2 Å². The lowest BCUT2D eigenvalue weighted by atomic mass is 9.78. The Hall–Kier alpha value is -8.92. The number of rotatable bonds is 8. The molecule has 2 heterocycles. The molecule has 2 aromatic heterocycles. The largest absolute Gasteiger partial charge is 0.456 e. The molecule has 3 heteroatoms. The molecule has 0 bridgehead atoms. The summed E-state index contributed by atoms with van der Waals surface area (Å²) in [5.74, 6) is 0. The van der Waals surface area contributed by atoms with Gasteiger partial charge in [-0.3, -0.25) is 0 Å². The maximum Gasteiger partial charge on any atom is 0.135 e. The van der Waals surface area contributed by atoms with Crippen LogP contribution >= 0.6 is 0 Å². The van der Waals surface area contributed by atoms with Crippen molar-refractivity contribution in [2.75, 3.05) is 4.90 Å². The van der Waals surface area contributed by atoms with Gasteiger partial charge in [-0.2, -0.15) is 0 Å². The zero-order valence-corrected chi connectivity index (χ0v) is 43.4. The minimum Gasteiger partial charge on any atom is -0.456 e. The average Bonchev–Trinajstić information content (AvgIpc) is 3.99. The lowest BCUT2D eigenvalue weighted by Gasteiger charge is -2.30. The molecule has 11 aromatic carbocycles. The lowest BCUT2D eigenvalue weighted by Crippen LogP contribution is -2.16. The van der Waals surface area contributed by atoms with E-state index in [2.05, 4.69) is 282 Å². The van der Waals surface area contributed by atoms with E-state index in [9.17, 15) is 0 Å². The molecule has 0 aliphatic heterocycles. The normalized spacial score (nSPS) is 12.1. The van der Waals surface area contributed by atoms with E-state index in [1.54, 1.807) is 0 Å². The van der Waals surface area contributed by atoms with Crippen LogP contribution in [0.5, 0.6) is 0 Å². The van der Waals surface area contributed by atoms with Crippen LogP contribution in [0.1, 0.15) is 52.7 Å². The minimum absolute atomic E-state index is 0.0272. The predicted octanol–water partition coefficient (Wildman–Crippen LogP) is 20.6. The SMILES string of the molecule is CC(C)(C)c1cc(-c2cccc3cccc(-c4ccccc4N(c4ccc(-c5ccc6oc7ccccc7c6c5)cc4)c4ccccc4-c4cccc5c4c4ccccc4n5-c4ccccc4)c23)cc(C(C)(C)C)c1. The summed E-state index contributed by atoms with van der Waals surface area (Å²) in [6.07, 6.45) is 0. The number of benzene rings is 11. The Kier molecular flexibility index (Phi) is 11.0. The van der Waals surface area contributed by atoms with E-state index >= 15 is 0 Å². The van der Waals surface area contributed by atoms with Crippen molar-refractivity contribution in [3.05, 3.63) is 254 Å². The van der Waals surface area contributed by atoms with Crippen LogP contribution in [0.2, 0.25) is 0 Å². The van der Waals surface area contributed by atoms with Crippen LogP contribution in [0.3, 0.4) is 0 Å². The zero-order chi connectivity index (χ0) is 51.0. The Morgan fingerprint density at radius 3 is 1.55 bits per heavy atom. The Labute approximate surface area is 439 Å². The van der Waals surface area contributed by atoms with Gasteiger partial charge in [0.05, 0.1) is 22.4 Å². The summed E-state index contributed by atoms with van der Waals surface area (Å²) in [7, 11) is 0. The molecule has 0 amide bonds. The fourth-order valence-electron chi connectivity index (χ4n) is 11.5. The smallest absolute Gasteiger partial charge is 0.135 e. The number of aromatic nitrogens is 1. The first-order valence-electron chi connectivity index (χ1n) is 26.2. The van der Waals surface area contributed by atoms with Gasteiger partial charge in [-0.25, -0.2) is 0 Å². The molecule has 0 saturated heterocycles. The van der Waals surface area contributed by atoms with Crippen molar-refractivity contribution < 1.29 is 4.42 Å². The van der Waals surface area contributed by atoms with Crippen LogP contribution in [0.4, 0.5) is 17.1 Å². The highest BCUT2D eigenvalue weighted by Gasteiger charge is 2.26. The monoisotopic (exact) mass is 966 g/mol. The second-order valence-corrected chi connectivity index (χ2v) is 22.1. The van der Waals surface area contributed by atoms with Gasteiger partial charge in [-0.1, -0.05) is 217 Å². The molecule has 13 rings (SSSR count). The van der Waals surface area contributed by atoms with Gasteiger partial charge < -0.3 is 13.9 Å². The highest BCUT2D eigenvalue weighted by atomic mass is 16.3. The molecule has 0 fully saturated rings. The molecule has 0 aliphatic carbocycles. The summed E-state index contributed by atoms with van der Waals surface area (Å²) in [6.45, 7) is 13.9. The summed E-state index contributed by atoms with van der Waals surface area (Å²) in [5, 5.41) is 7.13. The summed E-state index contributed by atoms with van der Waals surface area (Å²) in [6, 6.07) is 89.2. The Balaban J connectivity index is 1.05. The molecule has 0 radical (unpaired) electrons. The van der Waals surface area contributed by atoms with Crippen molar-refractivity contribution >= 4 is 71.6 Å². The van der Waals surface area contributed by atoms with Gasteiger partial charge in [-0.05, 0) is 133 Å². The third kappa shape index (κ3) is 7.99. The van der Waals surface area contributed by atoms with Crippen LogP contribution in [0, 0.1) is 0 Å². The number of hydrogen-bond acceptors (Lipinski definition) is 2. The Bertz CT molecular complexity index is 4270. The van der Waals surface area contributed by atoms with E-state index in [1.165, 1.54) is 66.0 Å². The van der Waals surface area contributed by atoms with E-state index in [4.69, 9.17) is 4.42 Å². The number of para-hydroxylation sites is 5. The number of nitrogens with zero attached hydrogens (tertiary/aromatic N) is 2. The molecule has 0 unspecified atom stereocenters. The van der Waals surface area contributed by atoms with E-state index in [0.717, 1.165) is 66.9 Å². The van der Waals surface area contributed by atoms with Gasteiger partial charge in [-0.15, -0.1) is 0 Å². The summed E-state index contributed by atoms with van der Waals surface area (Å²) in [4.78, 5) is 2.50. The standard InChI is InChI=1S/C72H58N2O/c1-71(2,3)51-43-50(44-52(46-51)72(4,5)6)55-29-18-21-48-22-19-30-59(69(48)55)56-25-10-14-32-63(56)73(54-40-37-47(38-41-54)49-39-42-68-62(45-49)58-27-13-17-36-67(58)75-68)64-33-15-11-26-57(64)60-31-20-35-66-70(60)61-28-12-16-34-65(61)74(66)53-23-8-7-9-24-53/h7-46H,1-6H3. The van der Waals surface area contributed by atoms with Crippen LogP contribution in [0.25, 0.3) is 105 Å². The van der Waals surface area contributed by atoms with Gasteiger partial charge in [0.2, 0.25) is 0 Å². The van der Waals surface area contributed by atoms with Crippen molar-refractivity contribution in [3.63, 3.8) is 0 Å². The van der Waals surface area contributed by atoms with Crippen LogP contribution in [0.15, 0.2) is 247 Å². The third-order valence-corrected chi connectivity index (χ3v) is 15.3. The number of hydrogen-bond donors (Lipinski definition) is 0. The topological polar surface area (TPSA) is 21.3 Å². The first-order chi connectivity index (χ1) is 36.5. The predicted molar refractivity (Wildman–Crippen MR) is 319 cm³/mol. The fraction of sp³-hybridized carbons (Fsp3) is 0.111. The van der Waals surface area contributed by atoms with E-state index in [-0.39, 0.29) is 10.8 Å². The van der Waals surface area contributed by atoms with Crippen molar-refractivity contribution in [3.8, 4) is 50.2 Å². The van der Waals surface area contributed by atoms with Crippen LogP contribution in [-0.2, 0) is 10.8 Å². The van der Waals surface area contributed by atoms with Crippen molar-refractivity contribution in [2.45, 2.75) is 52.4 Å². The molecule has 3 nitrogen and oxygen atoms in total. The second-order valence-electron chi connectivity index (χ2n) is 22.1. The number of anilines is 3. The first-order valence-corrected chi connectivity index (χ1v) is 26.2. The third-order valence-electron chi connectivity index (χ3n) is 15.3. The Morgan fingerprint density at radius 1 is 0.347 bits per heavy atom. The maximum atomic E-state index is 6.25. The summed E-state index contributed by atoms with van der Waals surface area (Å²) >= 11 is 0.